The Morgan fingerprint density at radius 2 is 1.81 bits per heavy atom. The van der Waals surface area contributed by atoms with Gasteiger partial charge in [-0.05, 0) is 36.4 Å². The number of hydrogen-bond acceptors (Lipinski definition) is 7. The zero-order chi connectivity index (χ0) is 21.8. The highest BCUT2D eigenvalue weighted by Gasteiger charge is 2.12. The Morgan fingerprint density at radius 1 is 1.00 bits per heavy atom. The molecule has 2 aromatic carbocycles. The van der Waals surface area contributed by atoms with Crippen molar-refractivity contribution in [3.63, 3.8) is 0 Å². The summed E-state index contributed by atoms with van der Waals surface area (Å²) in [6, 6.07) is 15.7. The van der Waals surface area contributed by atoms with E-state index in [0.717, 1.165) is 18.1 Å². The molecule has 2 heterocycles. The Kier molecular flexibility index (Phi) is 5.50. The van der Waals surface area contributed by atoms with E-state index in [1.54, 1.807) is 35.1 Å². The molecule has 0 saturated heterocycles. The van der Waals surface area contributed by atoms with Gasteiger partial charge in [0.1, 0.15) is 0 Å². The molecule has 0 atom stereocenters. The van der Waals surface area contributed by atoms with Crippen LogP contribution in [0.4, 0.5) is 33.2 Å². The number of benzene rings is 2. The smallest absolute Gasteiger partial charge is 0.229 e. The molecule has 4 aromatic rings. The first-order valence-corrected chi connectivity index (χ1v) is 11.0. The van der Waals surface area contributed by atoms with Crippen LogP contribution >= 0.6 is 0 Å². The lowest BCUT2D eigenvalue weighted by molar-refractivity contribution is 0.607. The number of nitrogens with zero attached hydrogens (tertiary/aromatic N) is 4. The Bertz CT molecular complexity index is 1310. The number of aromatic nitrogens is 4. The van der Waals surface area contributed by atoms with Gasteiger partial charge in [-0.1, -0.05) is 18.2 Å². The minimum Gasteiger partial charge on any atom is -0.336 e. The molecule has 3 N–H and O–H groups in total. The van der Waals surface area contributed by atoms with Crippen LogP contribution in [-0.2, 0) is 10.0 Å². The molecular formula is C20H18FN7O2S. The maximum absolute atomic E-state index is 14.3. The monoisotopic (exact) mass is 439 g/mol. The van der Waals surface area contributed by atoms with Crippen LogP contribution in [-0.4, -0.2) is 34.4 Å². The lowest BCUT2D eigenvalue weighted by Gasteiger charge is -2.13. The lowest BCUT2D eigenvalue weighted by atomic mass is 10.2. The van der Waals surface area contributed by atoms with Crippen molar-refractivity contribution in [3.05, 3.63) is 79.0 Å². The third-order valence-electron chi connectivity index (χ3n) is 4.09. The number of nitrogens with one attached hydrogen (secondary N) is 3. The van der Waals surface area contributed by atoms with E-state index in [1.807, 2.05) is 36.5 Å². The number of anilines is 5. The summed E-state index contributed by atoms with van der Waals surface area (Å²) in [6.07, 6.45) is 5.56. The number of sulfonamides is 1. The van der Waals surface area contributed by atoms with E-state index in [4.69, 9.17) is 0 Å². The molecule has 4 rings (SSSR count). The van der Waals surface area contributed by atoms with Crippen molar-refractivity contribution in [1.82, 2.24) is 19.7 Å². The van der Waals surface area contributed by atoms with Crippen molar-refractivity contribution in [1.29, 1.82) is 0 Å². The largest absolute Gasteiger partial charge is 0.336 e. The first-order chi connectivity index (χ1) is 14.9. The maximum Gasteiger partial charge on any atom is 0.229 e. The molecule has 0 bridgehead atoms. The SMILES string of the molecule is CS(=O)(=O)Nc1ccccc1Nc1nc(Nc2cccc(-n3cccn3)c2)ncc1F. The molecule has 9 nitrogen and oxygen atoms in total. The van der Waals surface area contributed by atoms with Crippen LogP contribution in [0.25, 0.3) is 5.69 Å². The first kappa shape index (κ1) is 20.3. The van der Waals surface area contributed by atoms with Crippen molar-refractivity contribution < 1.29 is 12.8 Å². The molecule has 0 fully saturated rings. The van der Waals surface area contributed by atoms with E-state index in [0.29, 0.717) is 11.4 Å². The zero-order valence-electron chi connectivity index (χ0n) is 16.3. The van der Waals surface area contributed by atoms with E-state index >= 15 is 0 Å². The Balaban J connectivity index is 1.59. The fourth-order valence-corrected chi connectivity index (χ4v) is 3.38. The molecule has 0 unspecified atom stereocenters. The van der Waals surface area contributed by atoms with E-state index < -0.39 is 15.8 Å². The van der Waals surface area contributed by atoms with Crippen LogP contribution in [0.5, 0.6) is 0 Å². The molecule has 0 aliphatic rings. The molecule has 0 aliphatic heterocycles. The highest BCUT2D eigenvalue weighted by Crippen LogP contribution is 2.27. The molecule has 0 amide bonds. The predicted octanol–water partition coefficient (Wildman–Crippen LogP) is 3.66. The van der Waals surface area contributed by atoms with Gasteiger partial charge in [0.2, 0.25) is 16.0 Å². The van der Waals surface area contributed by atoms with E-state index in [2.05, 4.69) is 30.4 Å². The van der Waals surface area contributed by atoms with Crippen molar-refractivity contribution >= 4 is 38.9 Å². The highest BCUT2D eigenvalue weighted by atomic mass is 32.2. The van der Waals surface area contributed by atoms with Gasteiger partial charge >= 0.3 is 0 Å². The van der Waals surface area contributed by atoms with Crippen LogP contribution in [0.2, 0.25) is 0 Å². The van der Waals surface area contributed by atoms with Gasteiger partial charge in [0, 0.05) is 18.1 Å². The molecule has 0 radical (unpaired) electrons. The van der Waals surface area contributed by atoms with E-state index in [-0.39, 0.29) is 17.5 Å². The second-order valence-corrected chi connectivity index (χ2v) is 8.31. The molecule has 0 saturated carbocycles. The lowest BCUT2D eigenvalue weighted by Crippen LogP contribution is -2.11. The second kappa shape index (κ2) is 8.40. The summed E-state index contributed by atoms with van der Waals surface area (Å²) in [4.78, 5) is 8.16. The van der Waals surface area contributed by atoms with E-state index in [9.17, 15) is 12.8 Å². The van der Waals surface area contributed by atoms with Crippen LogP contribution < -0.4 is 15.4 Å². The van der Waals surface area contributed by atoms with Crippen LogP contribution in [0, 0.1) is 5.82 Å². The number of para-hydroxylation sites is 2. The minimum atomic E-state index is -3.51. The zero-order valence-corrected chi connectivity index (χ0v) is 17.1. The summed E-state index contributed by atoms with van der Waals surface area (Å²) in [6.45, 7) is 0. The summed E-state index contributed by atoms with van der Waals surface area (Å²) in [5.41, 5.74) is 2.13. The van der Waals surface area contributed by atoms with Gasteiger partial charge < -0.3 is 10.6 Å². The number of halogens is 1. The quantitative estimate of drug-likeness (QED) is 0.403. The average Bonchev–Trinajstić information content (AvgIpc) is 3.26. The minimum absolute atomic E-state index is 0.108. The summed E-state index contributed by atoms with van der Waals surface area (Å²) in [7, 11) is -3.51. The van der Waals surface area contributed by atoms with Gasteiger partial charge in [0.15, 0.2) is 11.6 Å². The van der Waals surface area contributed by atoms with Crippen molar-refractivity contribution in [2.75, 3.05) is 21.6 Å². The molecule has 0 spiro atoms. The third-order valence-corrected chi connectivity index (χ3v) is 4.68. The average molecular weight is 439 g/mol. The molecular weight excluding hydrogens is 421 g/mol. The molecule has 2 aromatic heterocycles. The third kappa shape index (κ3) is 5.14. The molecule has 31 heavy (non-hydrogen) atoms. The van der Waals surface area contributed by atoms with Gasteiger partial charge in [-0.15, -0.1) is 0 Å². The van der Waals surface area contributed by atoms with Gasteiger partial charge in [0.05, 0.1) is 29.5 Å². The predicted molar refractivity (Wildman–Crippen MR) is 117 cm³/mol. The Morgan fingerprint density at radius 3 is 2.55 bits per heavy atom. The fourth-order valence-electron chi connectivity index (χ4n) is 2.80. The van der Waals surface area contributed by atoms with Crippen LogP contribution in [0.1, 0.15) is 0 Å². The summed E-state index contributed by atoms with van der Waals surface area (Å²) >= 11 is 0. The van der Waals surface area contributed by atoms with Gasteiger partial charge in [0.25, 0.3) is 0 Å². The first-order valence-electron chi connectivity index (χ1n) is 9.11. The fraction of sp³-hybridized carbons (Fsp3) is 0.0500. The summed E-state index contributed by atoms with van der Waals surface area (Å²) < 4.78 is 41.6. The maximum atomic E-state index is 14.3. The molecule has 11 heteroatoms. The standard InChI is InChI=1S/C20H18FN7O2S/c1-31(29,30)27-18-9-3-2-8-17(18)25-19-16(21)13-22-20(26-19)24-14-6-4-7-15(12-14)28-11-5-10-23-28/h2-13,27H,1H3,(H2,22,24,25,26). The second-order valence-electron chi connectivity index (χ2n) is 6.56. The van der Waals surface area contributed by atoms with E-state index in [1.165, 1.54) is 0 Å². The summed E-state index contributed by atoms with van der Waals surface area (Å²) in [5.74, 6) is -0.636. The number of rotatable bonds is 7. The molecule has 0 aliphatic carbocycles. The topological polar surface area (TPSA) is 114 Å². The van der Waals surface area contributed by atoms with Gasteiger partial charge in [-0.2, -0.15) is 10.1 Å². The Labute approximate surface area is 178 Å². The van der Waals surface area contributed by atoms with Crippen LogP contribution in [0.3, 0.4) is 0 Å². The van der Waals surface area contributed by atoms with Crippen molar-refractivity contribution in [3.8, 4) is 5.69 Å². The van der Waals surface area contributed by atoms with Crippen molar-refractivity contribution in [2.45, 2.75) is 0 Å². The Hall–Kier alpha value is -3.99. The van der Waals surface area contributed by atoms with Gasteiger partial charge in [-0.3, -0.25) is 4.72 Å². The van der Waals surface area contributed by atoms with Crippen LogP contribution in [0.15, 0.2) is 73.2 Å². The van der Waals surface area contributed by atoms with Gasteiger partial charge in [-0.25, -0.2) is 22.5 Å². The summed E-state index contributed by atoms with van der Waals surface area (Å²) in [5, 5.41) is 10.0. The van der Waals surface area contributed by atoms with Crippen molar-refractivity contribution in [2.24, 2.45) is 0 Å². The molecule has 158 valence electrons. The number of hydrogen-bond donors (Lipinski definition) is 3. The highest BCUT2D eigenvalue weighted by molar-refractivity contribution is 7.92. The normalized spacial score (nSPS) is 11.2.